The summed E-state index contributed by atoms with van der Waals surface area (Å²) < 4.78 is 16.8. The molecule has 0 radical (unpaired) electrons. The van der Waals surface area contributed by atoms with Gasteiger partial charge in [-0.2, -0.15) is 0 Å². The third-order valence-corrected chi connectivity index (χ3v) is 3.41. The fourth-order valence-corrected chi connectivity index (χ4v) is 2.78. The number of benzene rings is 1. The van der Waals surface area contributed by atoms with Crippen molar-refractivity contribution < 1.29 is 13.6 Å². The molecule has 1 heterocycles. The maximum absolute atomic E-state index is 5.70. The van der Waals surface area contributed by atoms with E-state index in [0.29, 0.717) is 13.2 Å². The molecule has 0 bridgehead atoms. The second kappa shape index (κ2) is 4.70. The van der Waals surface area contributed by atoms with Crippen molar-refractivity contribution in [1.29, 1.82) is 0 Å². The summed E-state index contributed by atoms with van der Waals surface area (Å²) in [6, 6.07) is 7.88. The van der Waals surface area contributed by atoms with Crippen LogP contribution in [0.5, 0.6) is 5.75 Å². The molecule has 0 aromatic heterocycles. The zero-order valence-corrected chi connectivity index (χ0v) is 10.8. The van der Waals surface area contributed by atoms with Crippen LogP contribution in [-0.4, -0.2) is 13.2 Å². The molecule has 16 heavy (non-hydrogen) atoms. The van der Waals surface area contributed by atoms with Gasteiger partial charge in [0, 0.05) is 5.41 Å². The zero-order valence-electron chi connectivity index (χ0n) is 9.90. The van der Waals surface area contributed by atoms with E-state index in [2.05, 4.69) is 13.8 Å². The first-order chi connectivity index (χ1) is 7.57. The molecule has 0 N–H and O–H groups in total. The highest BCUT2D eigenvalue weighted by atomic mass is 31.2. The summed E-state index contributed by atoms with van der Waals surface area (Å²) in [5, 5.41) is 0. The minimum absolute atomic E-state index is 0.0912. The van der Waals surface area contributed by atoms with Crippen LogP contribution in [0.2, 0.25) is 0 Å². The zero-order chi connectivity index (χ0) is 11.6. The third kappa shape index (κ3) is 2.94. The Morgan fingerprint density at radius 1 is 1.19 bits per heavy atom. The third-order valence-electron chi connectivity index (χ3n) is 2.39. The van der Waals surface area contributed by atoms with Gasteiger partial charge in [0.2, 0.25) is 0 Å². The molecule has 0 spiro atoms. The minimum atomic E-state index is -1.22. The maximum atomic E-state index is 5.70. The highest BCUT2D eigenvalue weighted by Crippen LogP contribution is 2.47. The predicted octanol–water partition coefficient (Wildman–Crippen LogP) is 3.67. The lowest BCUT2D eigenvalue weighted by Gasteiger charge is -2.32. The van der Waals surface area contributed by atoms with Crippen LogP contribution in [0.3, 0.4) is 0 Å². The van der Waals surface area contributed by atoms with Crippen molar-refractivity contribution in [2.24, 2.45) is 5.41 Å². The fourth-order valence-electron chi connectivity index (χ4n) is 1.33. The Bertz CT molecular complexity index is 355. The molecule has 1 aliphatic heterocycles. The standard InChI is InChI=1S/C12H17O3P/c1-10-6-4-5-7-11(10)15-16-13-8-12(2,3)9-14-16/h4-7H,8-9H2,1-3H3. The molecule has 1 saturated heterocycles. The molecule has 0 atom stereocenters. The second-order valence-electron chi connectivity index (χ2n) is 4.79. The first-order valence-electron chi connectivity index (χ1n) is 5.36. The van der Waals surface area contributed by atoms with E-state index in [1.807, 2.05) is 31.2 Å². The van der Waals surface area contributed by atoms with Gasteiger partial charge in [0.15, 0.2) is 0 Å². The van der Waals surface area contributed by atoms with E-state index < -0.39 is 8.60 Å². The second-order valence-corrected chi connectivity index (χ2v) is 5.94. The smallest absolute Gasteiger partial charge is 0.397 e. The Morgan fingerprint density at radius 3 is 2.44 bits per heavy atom. The van der Waals surface area contributed by atoms with Gasteiger partial charge in [0.1, 0.15) is 5.75 Å². The summed E-state index contributed by atoms with van der Waals surface area (Å²) in [6.45, 7) is 7.62. The van der Waals surface area contributed by atoms with Crippen molar-refractivity contribution in [1.82, 2.24) is 0 Å². The predicted molar refractivity (Wildman–Crippen MR) is 64.4 cm³/mol. The summed E-state index contributed by atoms with van der Waals surface area (Å²) in [6.07, 6.45) is 0. The van der Waals surface area contributed by atoms with Gasteiger partial charge in [-0.25, -0.2) is 0 Å². The Balaban J connectivity index is 1.95. The van der Waals surface area contributed by atoms with Crippen molar-refractivity contribution in [3.05, 3.63) is 29.8 Å². The number of para-hydroxylation sites is 1. The summed E-state index contributed by atoms with van der Waals surface area (Å²) >= 11 is 0. The molecular formula is C12H17O3P. The number of rotatable bonds is 2. The van der Waals surface area contributed by atoms with Crippen LogP contribution >= 0.6 is 8.60 Å². The SMILES string of the molecule is Cc1ccccc1OP1OCC(C)(C)CO1. The van der Waals surface area contributed by atoms with Crippen molar-refractivity contribution in [3.63, 3.8) is 0 Å². The normalized spacial score (nSPS) is 20.7. The number of hydrogen-bond donors (Lipinski definition) is 0. The Kier molecular flexibility index (Phi) is 3.48. The van der Waals surface area contributed by atoms with Crippen LogP contribution in [0.15, 0.2) is 24.3 Å². The van der Waals surface area contributed by atoms with E-state index in [4.69, 9.17) is 13.6 Å². The summed E-state index contributed by atoms with van der Waals surface area (Å²) in [7, 11) is -1.22. The van der Waals surface area contributed by atoms with E-state index in [0.717, 1.165) is 11.3 Å². The minimum Gasteiger partial charge on any atom is -0.426 e. The van der Waals surface area contributed by atoms with Crippen LogP contribution in [0.1, 0.15) is 19.4 Å². The molecule has 1 aromatic rings. The quantitative estimate of drug-likeness (QED) is 0.738. The van der Waals surface area contributed by atoms with Crippen molar-refractivity contribution in [2.45, 2.75) is 20.8 Å². The molecule has 1 aliphatic rings. The highest BCUT2D eigenvalue weighted by Gasteiger charge is 2.31. The maximum Gasteiger partial charge on any atom is 0.397 e. The summed E-state index contributed by atoms with van der Waals surface area (Å²) in [5.74, 6) is 0.841. The molecule has 0 amide bonds. The first kappa shape index (κ1) is 11.8. The van der Waals surface area contributed by atoms with Gasteiger partial charge in [-0.3, -0.25) is 0 Å². The molecule has 1 aromatic carbocycles. The van der Waals surface area contributed by atoms with Crippen molar-refractivity contribution in [2.75, 3.05) is 13.2 Å². The average Bonchev–Trinajstić information content (AvgIpc) is 2.24. The Hall–Kier alpha value is -0.630. The molecule has 3 nitrogen and oxygen atoms in total. The van der Waals surface area contributed by atoms with Gasteiger partial charge in [0.25, 0.3) is 0 Å². The Labute approximate surface area is 97.7 Å². The van der Waals surface area contributed by atoms with E-state index in [1.54, 1.807) is 0 Å². The average molecular weight is 240 g/mol. The molecule has 0 aliphatic carbocycles. The van der Waals surface area contributed by atoms with Gasteiger partial charge in [-0.1, -0.05) is 32.0 Å². The molecule has 4 heteroatoms. The number of aryl methyl sites for hydroxylation is 1. The monoisotopic (exact) mass is 240 g/mol. The lowest BCUT2D eigenvalue weighted by Crippen LogP contribution is -2.29. The molecule has 1 fully saturated rings. The molecule has 2 rings (SSSR count). The summed E-state index contributed by atoms with van der Waals surface area (Å²) in [5.41, 5.74) is 1.19. The van der Waals surface area contributed by atoms with Crippen molar-refractivity contribution >= 4 is 8.60 Å². The van der Waals surface area contributed by atoms with Crippen LogP contribution in [0.25, 0.3) is 0 Å². The van der Waals surface area contributed by atoms with E-state index in [-0.39, 0.29) is 5.41 Å². The molecular weight excluding hydrogens is 223 g/mol. The van der Waals surface area contributed by atoms with E-state index in [1.165, 1.54) is 0 Å². The largest absolute Gasteiger partial charge is 0.426 e. The van der Waals surface area contributed by atoms with Crippen LogP contribution in [0.4, 0.5) is 0 Å². The van der Waals surface area contributed by atoms with Gasteiger partial charge in [-0.15, -0.1) is 0 Å². The Morgan fingerprint density at radius 2 is 1.81 bits per heavy atom. The summed E-state index contributed by atoms with van der Waals surface area (Å²) in [4.78, 5) is 0. The van der Waals surface area contributed by atoms with E-state index in [9.17, 15) is 0 Å². The van der Waals surface area contributed by atoms with Gasteiger partial charge in [-0.05, 0) is 18.6 Å². The molecule has 0 saturated carbocycles. The van der Waals surface area contributed by atoms with Crippen LogP contribution in [0, 0.1) is 12.3 Å². The van der Waals surface area contributed by atoms with E-state index >= 15 is 0 Å². The first-order valence-corrected chi connectivity index (χ1v) is 6.46. The lowest BCUT2D eigenvalue weighted by atomic mass is 9.97. The van der Waals surface area contributed by atoms with Gasteiger partial charge in [0.05, 0.1) is 13.2 Å². The molecule has 88 valence electrons. The van der Waals surface area contributed by atoms with Crippen molar-refractivity contribution in [3.8, 4) is 5.75 Å². The van der Waals surface area contributed by atoms with Crippen LogP contribution in [-0.2, 0) is 9.05 Å². The van der Waals surface area contributed by atoms with Crippen LogP contribution < -0.4 is 4.52 Å². The topological polar surface area (TPSA) is 27.7 Å². The van der Waals surface area contributed by atoms with Gasteiger partial charge >= 0.3 is 8.60 Å². The highest BCUT2D eigenvalue weighted by molar-refractivity contribution is 7.42. The molecule has 0 unspecified atom stereocenters. The van der Waals surface area contributed by atoms with Gasteiger partial charge < -0.3 is 13.6 Å². The number of hydrogen-bond acceptors (Lipinski definition) is 3. The fraction of sp³-hybridized carbons (Fsp3) is 0.500. The lowest BCUT2D eigenvalue weighted by molar-refractivity contribution is 0.0426.